The molecule has 0 aliphatic carbocycles. The fraction of sp³-hybridized carbons (Fsp3) is 0.217. The van der Waals surface area contributed by atoms with E-state index >= 15 is 0 Å². The van der Waals surface area contributed by atoms with E-state index in [1.807, 2.05) is 0 Å². The Hall–Kier alpha value is -2.74. The van der Waals surface area contributed by atoms with Gasteiger partial charge in [0.05, 0.1) is 0 Å². The summed E-state index contributed by atoms with van der Waals surface area (Å²) in [5.41, 5.74) is 5.02. The monoisotopic (exact) mass is 328 g/mol. The summed E-state index contributed by atoms with van der Waals surface area (Å²) in [5, 5.41) is 2.63. The van der Waals surface area contributed by atoms with Gasteiger partial charge in [0, 0.05) is 45.8 Å². The predicted molar refractivity (Wildman–Crippen MR) is 109 cm³/mol. The van der Waals surface area contributed by atoms with Crippen LogP contribution in [0.25, 0.3) is 21.8 Å². The number of fused-ring (bicyclic) bond motifs is 3. The van der Waals surface area contributed by atoms with E-state index in [4.69, 9.17) is 0 Å². The average Bonchev–Trinajstić information content (AvgIpc) is 2.95. The normalized spacial score (nSPS) is 12.0. The van der Waals surface area contributed by atoms with E-state index in [0.717, 1.165) is 0 Å². The second kappa shape index (κ2) is 5.66. The van der Waals surface area contributed by atoms with Crippen LogP contribution in [0.5, 0.6) is 0 Å². The zero-order chi connectivity index (χ0) is 17.6. The average molecular weight is 328 g/mol. The van der Waals surface area contributed by atoms with E-state index in [9.17, 15) is 0 Å². The highest BCUT2D eigenvalue weighted by Gasteiger charge is 2.20. The Labute approximate surface area is 149 Å². The van der Waals surface area contributed by atoms with Gasteiger partial charge in [-0.25, -0.2) is 0 Å². The van der Waals surface area contributed by atoms with Gasteiger partial charge < -0.3 is 9.47 Å². The molecule has 25 heavy (non-hydrogen) atoms. The van der Waals surface area contributed by atoms with Gasteiger partial charge in [0.15, 0.2) is 0 Å². The number of anilines is 2. The van der Waals surface area contributed by atoms with Crippen LogP contribution >= 0.6 is 0 Å². The van der Waals surface area contributed by atoms with Crippen LogP contribution in [0.1, 0.15) is 20.8 Å². The molecule has 3 aromatic carbocycles. The van der Waals surface area contributed by atoms with Gasteiger partial charge in [-0.3, -0.25) is 0 Å². The Kier molecular flexibility index (Phi) is 3.57. The largest absolute Gasteiger partial charge is 0.345 e. The zero-order valence-electron chi connectivity index (χ0n) is 15.3. The molecule has 0 radical (unpaired) electrons. The van der Waals surface area contributed by atoms with E-state index in [1.165, 1.54) is 33.2 Å². The number of hydrogen-bond donors (Lipinski definition) is 0. The van der Waals surface area contributed by atoms with E-state index in [-0.39, 0.29) is 5.54 Å². The molecule has 4 aromatic rings. The minimum Gasteiger partial charge on any atom is -0.345 e. The van der Waals surface area contributed by atoms with Crippen LogP contribution in [0.3, 0.4) is 0 Å². The van der Waals surface area contributed by atoms with Crippen molar-refractivity contribution in [2.24, 2.45) is 0 Å². The Morgan fingerprint density at radius 3 is 2.04 bits per heavy atom. The third-order valence-electron chi connectivity index (χ3n) is 4.86. The highest BCUT2D eigenvalue weighted by molar-refractivity contribution is 6.09. The number of benzene rings is 3. The lowest BCUT2D eigenvalue weighted by atomic mass is 10.1. The Balaban J connectivity index is 1.97. The van der Waals surface area contributed by atoms with Crippen LogP contribution in [0, 0.1) is 0 Å². The van der Waals surface area contributed by atoms with Crippen LogP contribution in [0.2, 0.25) is 0 Å². The lowest BCUT2D eigenvalue weighted by Gasteiger charge is -2.24. The fourth-order valence-corrected chi connectivity index (χ4v) is 3.69. The van der Waals surface area contributed by atoms with Crippen LogP contribution in [-0.2, 0) is 5.54 Å². The van der Waals surface area contributed by atoms with Crippen LogP contribution in [0.15, 0.2) is 72.8 Å². The summed E-state index contributed by atoms with van der Waals surface area (Å²) in [6, 6.07) is 26.0. The summed E-state index contributed by atoms with van der Waals surface area (Å²) < 4.78 is 2.45. The number of hydrogen-bond acceptors (Lipinski definition) is 1. The third-order valence-corrected chi connectivity index (χ3v) is 4.86. The topological polar surface area (TPSA) is 8.17 Å². The number of para-hydroxylation sites is 2. The molecule has 1 heterocycles. The quantitative estimate of drug-likeness (QED) is 0.418. The van der Waals surface area contributed by atoms with E-state index in [1.54, 1.807) is 0 Å². The van der Waals surface area contributed by atoms with Crippen LogP contribution in [0.4, 0.5) is 11.4 Å². The summed E-state index contributed by atoms with van der Waals surface area (Å²) in [6.45, 7) is 6.80. The molecule has 0 amide bonds. The molecule has 2 heteroatoms. The molecule has 0 bridgehead atoms. The molecule has 0 aliphatic rings. The maximum Gasteiger partial charge on any atom is 0.0497 e. The van der Waals surface area contributed by atoms with Crippen molar-refractivity contribution < 1.29 is 0 Å². The van der Waals surface area contributed by atoms with Gasteiger partial charge in [-0.2, -0.15) is 0 Å². The van der Waals surface area contributed by atoms with E-state index in [2.05, 4.69) is 110 Å². The first-order valence-corrected chi connectivity index (χ1v) is 8.79. The van der Waals surface area contributed by atoms with Crippen LogP contribution < -0.4 is 4.90 Å². The highest BCUT2D eigenvalue weighted by atomic mass is 15.1. The molecule has 0 N–H and O–H groups in total. The van der Waals surface area contributed by atoms with Gasteiger partial charge in [-0.15, -0.1) is 0 Å². The van der Waals surface area contributed by atoms with Crippen molar-refractivity contribution in [3.63, 3.8) is 0 Å². The summed E-state index contributed by atoms with van der Waals surface area (Å²) in [4.78, 5) is 2.24. The standard InChI is InChI=1S/C23H24N2/c1-23(2,3)25-21-13-9-8-12-19(21)20-16-18(14-15-22(20)25)24(4)17-10-6-5-7-11-17/h5-16H,1-4H3. The maximum absolute atomic E-state index is 2.45. The predicted octanol–water partition coefficient (Wildman–Crippen LogP) is 6.32. The van der Waals surface area contributed by atoms with Gasteiger partial charge in [0.25, 0.3) is 0 Å². The van der Waals surface area contributed by atoms with E-state index < -0.39 is 0 Å². The first-order valence-electron chi connectivity index (χ1n) is 8.79. The molecule has 4 rings (SSSR count). The number of nitrogens with zero attached hydrogens (tertiary/aromatic N) is 2. The Bertz CT molecular complexity index is 1040. The summed E-state index contributed by atoms with van der Waals surface area (Å²) >= 11 is 0. The van der Waals surface area contributed by atoms with Crippen molar-refractivity contribution in [1.29, 1.82) is 0 Å². The highest BCUT2D eigenvalue weighted by Crippen LogP contribution is 2.36. The smallest absolute Gasteiger partial charge is 0.0497 e. The minimum absolute atomic E-state index is 0.0359. The molecule has 0 spiro atoms. The molecule has 0 fully saturated rings. The summed E-state index contributed by atoms with van der Waals surface area (Å²) in [6.07, 6.45) is 0. The minimum atomic E-state index is 0.0359. The van der Waals surface area contributed by atoms with Gasteiger partial charge in [0.2, 0.25) is 0 Å². The molecule has 0 atom stereocenters. The SMILES string of the molecule is CN(c1ccccc1)c1ccc2c(c1)c1ccccc1n2C(C)(C)C. The molecule has 0 aliphatic heterocycles. The lowest BCUT2D eigenvalue weighted by molar-refractivity contribution is 0.423. The molecule has 0 saturated carbocycles. The summed E-state index contributed by atoms with van der Waals surface area (Å²) in [5.74, 6) is 0. The fourth-order valence-electron chi connectivity index (χ4n) is 3.69. The Morgan fingerprint density at radius 1 is 0.680 bits per heavy atom. The second-order valence-corrected chi connectivity index (χ2v) is 7.62. The molecular weight excluding hydrogens is 304 g/mol. The van der Waals surface area contributed by atoms with Crippen molar-refractivity contribution in [3.8, 4) is 0 Å². The molecule has 126 valence electrons. The van der Waals surface area contributed by atoms with Crippen molar-refractivity contribution in [1.82, 2.24) is 4.57 Å². The number of aromatic nitrogens is 1. The second-order valence-electron chi connectivity index (χ2n) is 7.62. The van der Waals surface area contributed by atoms with E-state index in [0.29, 0.717) is 0 Å². The molecule has 0 unspecified atom stereocenters. The van der Waals surface area contributed by atoms with Gasteiger partial charge in [-0.1, -0.05) is 36.4 Å². The van der Waals surface area contributed by atoms with Crippen molar-refractivity contribution in [2.75, 3.05) is 11.9 Å². The first-order chi connectivity index (χ1) is 12.0. The molecule has 0 saturated heterocycles. The van der Waals surface area contributed by atoms with Gasteiger partial charge in [-0.05, 0) is 57.2 Å². The van der Waals surface area contributed by atoms with Gasteiger partial charge in [0.1, 0.15) is 0 Å². The van der Waals surface area contributed by atoms with Crippen molar-refractivity contribution in [3.05, 3.63) is 72.8 Å². The maximum atomic E-state index is 2.45. The van der Waals surface area contributed by atoms with Crippen molar-refractivity contribution >= 4 is 33.2 Å². The zero-order valence-corrected chi connectivity index (χ0v) is 15.3. The third kappa shape index (κ3) is 2.58. The Morgan fingerprint density at radius 2 is 1.32 bits per heavy atom. The van der Waals surface area contributed by atoms with Gasteiger partial charge >= 0.3 is 0 Å². The summed E-state index contributed by atoms with van der Waals surface area (Å²) in [7, 11) is 2.12. The molecule has 1 aromatic heterocycles. The first kappa shape index (κ1) is 15.8. The lowest BCUT2D eigenvalue weighted by Crippen LogP contribution is -2.21. The molecular formula is C23H24N2. The molecule has 2 nitrogen and oxygen atoms in total. The number of rotatable bonds is 2. The van der Waals surface area contributed by atoms with Crippen molar-refractivity contribution in [2.45, 2.75) is 26.3 Å². The van der Waals surface area contributed by atoms with Crippen LogP contribution in [-0.4, -0.2) is 11.6 Å².